The molecule has 8 heteroatoms. The van der Waals surface area contributed by atoms with Crippen LogP contribution in [0.2, 0.25) is 0 Å². The molecule has 2 saturated heterocycles. The zero-order valence-electron chi connectivity index (χ0n) is 16.0. The second-order valence-electron chi connectivity index (χ2n) is 7.27. The van der Waals surface area contributed by atoms with Gasteiger partial charge < -0.3 is 23.7 Å². The van der Waals surface area contributed by atoms with Crippen molar-refractivity contribution in [1.29, 1.82) is 0 Å². The van der Waals surface area contributed by atoms with E-state index < -0.39 is 12.7 Å². The topological polar surface area (TPSA) is 46.2 Å². The predicted molar refractivity (Wildman–Crippen MR) is 94.6 cm³/mol. The molecular weight excluding hydrogens is 377 g/mol. The monoisotopic (exact) mass is 404 g/mol. The van der Waals surface area contributed by atoms with Gasteiger partial charge in [0.15, 0.2) is 12.6 Å². The number of unbranched alkanes of at least 4 members (excludes halogenated alkanes) is 2. The van der Waals surface area contributed by atoms with Crippen molar-refractivity contribution in [2.75, 3.05) is 26.4 Å². The van der Waals surface area contributed by atoms with E-state index in [9.17, 15) is 13.2 Å². The number of benzene rings is 1. The van der Waals surface area contributed by atoms with Gasteiger partial charge in [-0.05, 0) is 18.6 Å². The second kappa shape index (κ2) is 9.91. The summed E-state index contributed by atoms with van der Waals surface area (Å²) >= 11 is 0. The molecule has 5 nitrogen and oxygen atoms in total. The zero-order valence-corrected chi connectivity index (χ0v) is 16.0. The fourth-order valence-corrected chi connectivity index (χ4v) is 3.37. The van der Waals surface area contributed by atoms with Crippen molar-refractivity contribution in [3.05, 3.63) is 29.8 Å². The van der Waals surface area contributed by atoms with Gasteiger partial charge in [0.1, 0.15) is 5.75 Å². The first kappa shape index (κ1) is 21.4. The number of alkyl halides is 3. The van der Waals surface area contributed by atoms with Crippen LogP contribution in [0, 0.1) is 11.8 Å². The first-order chi connectivity index (χ1) is 13.4. The number of ether oxygens (including phenoxy) is 5. The number of halogens is 3. The van der Waals surface area contributed by atoms with Gasteiger partial charge in [-0.15, -0.1) is 13.2 Å². The van der Waals surface area contributed by atoms with E-state index in [1.54, 1.807) is 0 Å². The van der Waals surface area contributed by atoms with Gasteiger partial charge in [-0.3, -0.25) is 0 Å². The number of hydrogen-bond acceptors (Lipinski definition) is 5. The van der Waals surface area contributed by atoms with Crippen LogP contribution < -0.4 is 4.74 Å². The Morgan fingerprint density at radius 3 is 2.14 bits per heavy atom. The minimum absolute atomic E-state index is 0.0272. The van der Waals surface area contributed by atoms with E-state index >= 15 is 0 Å². The summed E-state index contributed by atoms with van der Waals surface area (Å²) in [6.07, 6.45) is -0.923. The van der Waals surface area contributed by atoms with Gasteiger partial charge in [0, 0.05) is 11.5 Å². The van der Waals surface area contributed by atoms with E-state index in [-0.39, 0.29) is 18.0 Å². The Morgan fingerprint density at radius 2 is 1.57 bits per heavy atom. The van der Waals surface area contributed by atoms with Gasteiger partial charge >= 0.3 is 6.36 Å². The summed E-state index contributed by atoms with van der Waals surface area (Å²) in [7, 11) is 0. The predicted octanol–water partition coefficient (Wildman–Crippen LogP) is 4.82. The van der Waals surface area contributed by atoms with Crippen molar-refractivity contribution in [1.82, 2.24) is 0 Å². The molecule has 1 aromatic rings. The van der Waals surface area contributed by atoms with Crippen LogP contribution in [0.1, 0.15) is 44.5 Å². The van der Waals surface area contributed by atoms with Crippen LogP contribution in [0.3, 0.4) is 0 Å². The van der Waals surface area contributed by atoms with Gasteiger partial charge in [-0.2, -0.15) is 0 Å². The molecular formula is C20H27F3O5. The molecule has 2 aliphatic heterocycles. The van der Waals surface area contributed by atoms with Crippen molar-refractivity contribution < 1.29 is 36.9 Å². The van der Waals surface area contributed by atoms with Crippen LogP contribution >= 0.6 is 0 Å². The molecule has 0 atom stereocenters. The average Bonchev–Trinajstić information content (AvgIpc) is 2.68. The summed E-state index contributed by atoms with van der Waals surface area (Å²) in [5.74, 6) is 0.140. The third kappa shape index (κ3) is 6.34. The lowest BCUT2D eigenvalue weighted by Crippen LogP contribution is -2.43. The molecule has 0 spiro atoms. The minimum Gasteiger partial charge on any atom is -0.406 e. The maximum absolute atomic E-state index is 12.2. The Hall–Kier alpha value is -1.35. The molecule has 158 valence electrons. The molecule has 2 heterocycles. The number of hydrogen-bond donors (Lipinski definition) is 0. The lowest BCUT2D eigenvalue weighted by atomic mass is 10.0. The third-order valence-corrected chi connectivity index (χ3v) is 4.90. The maximum atomic E-state index is 12.2. The van der Waals surface area contributed by atoms with Crippen LogP contribution in [0.25, 0.3) is 0 Å². The molecule has 28 heavy (non-hydrogen) atoms. The van der Waals surface area contributed by atoms with E-state index in [0.29, 0.717) is 37.9 Å². The van der Waals surface area contributed by atoms with Gasteiger partial charge in [0.25, 0.3) is 0 Å². The van der Waals surface area contributed by atoms with Crippen molar-refractivity contribution in [3.8, 4) is 5.75 Å². The lowest BCUT2D eigenvalue weighted by molar-refractivity contribution is -0.283. The van der Waals surface area contributed by atoms with Crippen molar-refractivity contribution in [3.63, 3.8) is 0 Å². The van der Waals surface area contributed by atoms with Gasteiger partial charge in [0.2, 0.25) is 0 Å². The Balaban J connectivity index is 1.41. The third-order valence-electron chi connectivity index (χ3n) is 4.90. The quantitative estimate of drug-likeness (QED) is 0.610. The average molecular weight is 404 g/mol. The van der Waals surface area contributed by atoms with Crippen molar-refractivity contribution in [2.24, 2.45) is 11.8 Å². The van der Waals surface area contributed by atoms with Gasteiger partial charge in [-0.1, -0.05) is 38.3 Å². The Labute approximate surface area is 163 Å². The van der Waals surface area contributed by atoms with E-state index in [4.69, 9.17) is 18.9 Å². The van der Waals surface area contributed by atoms with E-state index in [2.05, 4.69) is 11.7 Å². The van der Waals surface area contributed by atoms with Crippen molar-refractivity contribution in [2.45, 2.75) is 51.5 Å². The highest BCUT2D eigenvalue weighted by atomic mass is 19.4. The largest absolute Gasteiger partial charge is 0.573 e. The van der Waals surface area contributed by atoms with Gasteiger partial charge in [0.05, 0.1) is 32.3 Å². The standard InChI is InChI=1S/C20H27F3O5/c1-2-3-4-5-14-10-24-19(25-11-14)16-12-26-18(27-13-16)15-6-8-17(9-7-15)28-20(21,22)23/h6-9,14,16,18-19H,2-5,10-13H2,1H3. The van der Waals surface area contributed by atoms with Crippen molar-refractivity contribution >= 4 is 0 Å². The van der Waals surface area contributed by atoms with E-state index in [0.717, 1.165) is 6.42 Å². The molecule has 0 bridgehead atoms. The molecule has 0 saturated carbocycles. The number of rotatable bonds is 7. The Kier molecular flexibility index (Phi) is 7.56. The highest BCUT2D eigenvalue weighted by molar-refractivity contribution is 5.28. The lowest BCUT2D eigenvalue weighted by Gasteiger charge is -2.37. The molecule has 0 N–H and O–H groups in total. The molecule has 3 rings (SSSR count). The van der Waals surface area contributed by atoms with Crippen LogP contribution in [-0.4, -0.2) is 39.1 Å². The molecule has 0 radical (unpaired) electrons. The minimum atomic E-state index is -4.71. The Morgan fingerprint density at radius 1 is 0.929 bits per heavy atom. The Bertz CT molecular complexity index is 576. The van der Waals surface area contributed by atoms with Crippen LogP contribution in [-0.2, 0) is 18.9 Å². The molecule has 0 aliphatic carbocycles. The first-order valence-corrected chi connectivity index (χ1v) is 9.76. The fraction of sp³-hybridized carbons (Fsp3) is 0.700. The molecule has 2 fully saturated rings. The highest BCUT2D eigenvalue weighted by Crippen LogP contribution is 2.31. The summed E-state index contributed by atoms with van der Waals surface area (Å²) in [5.41, 5.74) is 0.634. The van der Waals surface area contributed by atoms with E-state index in [1.807, 2.05) is 0 Å². The smallest absolute Gasteiger partial charge is 0.406 e. The normalized spacial score (nSPS) is 28.9. The first-order valence-electron chi connectivity index (χ1n) is 9.76. The summed E-state index contributed by atoms with van der Waals surface area (Å²) in [5, 5.41) is 0. The van der Waals surface area contributed by atoms with E-state index in [1.165, 1.54) is 43.5 Å². The molecule has 2 aliphatic rings. The fourth-order valence-electron chi connectivity index (χ4n) is 3.37. The maximum Gasteiger partial charge on any atom is 0.573 e. The summed E-state index contributed by atoms with van der Waals surface area (Å²) < 4.78 is 63.7. The van der Waals surface area contributed by atoms with Crippen LogP contribution in [0.4, 0.5) is 13.2 Å². The highest BCUT2D eigenvalue weighted by Gasteiger charge is 2.34. The summed E-state index contributed by atoms with van der Waals surface area (Å²) in [6, 6.07) is 5.49. The zero-order chi connectivity index (χ0) is 20.0. The second-order valence-corrected chi connectivity index (χ2v) is 7.27. The summed E-state index contributed by atoms with van der Waals surface area (Å²) in [4.78, 5) is 0. The summed E-state index contributed by atoms with van der Waals surface area (Å²) in [6.45, 7) is 4.36. The van der Waals surface area contributed by atoms with Crippen LogP contribution in [0.5, 0.6) is 5.75 Å². The molecule has 1 aromatic carbocycles. The van der Waals surface area contributed by atoms with Gasteiger partial charge in [-0.25, -0.2) is 0 Å². The van der Waals surface area contributed by atoms with Crippen LogP contribution in [0.15, 0.2) is 24.3 Å². The molecule has 0 unspecified atom stereocenters. The SMILES string of the molecule is CCCCCC1COC(C2COC(c3ccc(OC(F)(F)F)cc3)OC2)OC1. The molecule has 0 amide bonds. The molecule has 0 aromatic heterocycles.